The van der Waals surface area contributed by atoms with Gasteiger partial charge in [0.05, 0.1) is 17.7 Å². The Balaban J connectivity index is 1.70. The average Bonchev–Trinajstić information content (AvgIpc) is 3.03. The number of anilines is 1. The number of rotatable bonds is 6. The largest absolute Gasteiger partial charge is 0.462 e. The van der Waals surface area contributed by atoms with Crippen molar-refractivity contribution < 1.29 is 23.9 Å². The number of nitrogens with zero attached hydrogens (tertiary/aromatic N) is 1. The van der Waals surface area contributed by atoms with Crippen LogP contribution in [0.25, 0.3) is 0 Å². The maximum atomic E-state index is 12.5. The topological polar surface area (TPSA) is 94.6 Å². The first kappa shape index (κ1) is 21.0. The van der Waals surface area contributed by atoms with Crippen molar-refractivity contribution in [1.82, 2.24) is 4.98 Å². The van der Waals surface area contributed by atoms with Crippen LogP contribution in [0.2, 0.25) is 0 Å². The number of amides is 1. The van der Waals surface area contributed by atoms with Gasteiger partial charge in [0, 0.05) is 16.8 Å². The summed E-state index contributed by atoms with van der Waals surface area (Å²) in [4.78, 5) is 42.0. The van der Waals surface area contributed by atoms with Gasteiger partial charge >= 0.3 is 11.9 Å². The number of nitrogens with one attached hydrogen (secondary N) is 1. The number of carbonyl (C=O) groups excluding carboxylic acids is 3. The minimum Gasteiger partial charge on any atom is -0.462 e. The van der Waals surface area contributed by atoms with Gasteiger partial charge in [-0.05, 0) is 56.7 Å². The average molecular weight is 416 g/mol. The fourth-order valence-electron chi connectivity index (χ4n) is 3.22. The van der Waals surface area contributed by atoms with Crippen molar-refractivity contribution in [3.63, 3.8) is 0 Å². The van der Waals surface area contributed by atoms with Gasteiger partial charge in [-0.25, -0.2) is 9.59 Å². The molecule has 3 rings (SSSR count). The van der Waals surface area contributed by atoms with Crippen LogP contribution in [0.1, 0.15) is 57.1 Å². The number of aromatic nitrogens is 1. The van der Waals surface area contributed by atoms with Gasteiger partial charge in [0.15, 0.2) is 6.61 Å². The highest BCUT2D eigenvalue weighted by Crippen LogP contribution is 2.40. The molecule has 29 heavy (non-hydrogen) atoms. The highest BCUT2D eigenvalue weighted by molar-refractivity contribution is 7.17. The molecule has 0 saturated carbocycles. The molecule has 0 aliphatic heterocycles. The van der Waals surface area contributed by atoms with E-state index in [2.05, 4.69) is 17.2 Å². The molecule has 2 aromatic heterocycles. The standard InChI is InChI=1S/C21H24N2O5S/c1-4-27-21(26)18-15-8-5-12(2)9-16(15)29-19(18)23-17(24)11-28-20(25)14-7-6-13(3)22-10-14/h6-7,10,12H,4-5,8-9,11H2,1-3H3,(H,23,24). The number of esters is 2. The van der Waals surface area contributed by atoms with Gasteiger partial charge in [-0.2, -0.15) is 0 Å². The normalized spacial score (nSPS) is 15.3. The second-order valence-electron chi connectivity index (χ2n) is 7.09. The lowest BCUT2D eigenvalue weighted by atomic mass is 9.88. The zero-order chi connectivity index (χ0) is 21.0. The Morgan fingerprint density at radius 1 is 1.24 bits per heavy atom. The van der Waals surface area contributed by atoms with E-state index in [1.165, 1.54) is 17.5 Å². The summed E-state index contributed by atoms with van der Waals surface area (Å²) < 4.78 is 10.3. The summed E-state index contributed by atoms with van der Waals surface area (Å²) in [5, 5.41) is 3.18. The Morgan fingerprint density at radius 3 is 2.72 bits per heavy atom. The number of ether oxygens (including phenoxy) is 2. The molecular weight excluding hydrogens is 392 g/mol. The number of hydrogen-bond acceptors (Lipinski definition) is 7. The molecule has 2 aromatic rings. The summed E-state index contributed by atoms with van der Waals surface area (Å²) in [5.74, 6) is -1.03. The van der Waals surface area contributed by atoms with Crippen molar-refractivity contribution in [2.75, 3.05) is 18.5 Å². The summed E-state index contributed by atoms with van der Waals surface area (Å²) in [6.07, 6.45) is 4.05. The highest BCUT2D eigenvalue weighted by atomic mass is 32.1. The maximum Gasteiger partial charge on any atom is 0.341 e. The summed E-state index contributed by atoms with van der Waals surface area (Å²) >= 11 is 1.40. The second kappa shape index (κ2) is 9.17. The SMILES string of the molecule is CCOC(=O)c1c(NC(=O)COC(=O)c2ccc(C)nc2)sc2c1CCC(C)C2. The predicted octanol–water partition coefficient (Wildman–Crippen LogP) is 3.55. The molecule has 1 N–H and O–H groups in total. The van der Waals surface area contributed by atoms with Crippen LogP contribution in [0.5, 0.6) is 0 Å². The molecule has 0 fully saturated rings. The maximum absolute atomic E-state index is 12.5. The quantitative estimate of drug-likeness (QED) is 0.724. The lowest BCUT2D eigenvalue weighted by molar-refractivity contribution is -0.119. The van der Waals surface area contributed by atoms with E-state index in [1.807, 2.05) is 6.92 Å². The molecule has 0 radical (unpaired) electrons. The van der Waals surface area contributed by atoms with E-state index in [1.54, 1.807) is 19.1 Å². The minimum absolute atomic E-state index is 0.259. The number of hydrogen-bond donors (Lipinski definition) is 1. The first-order valence-electron chi connectivity index (χ1n) is 9.60. The highest BCUT2D eigenvalue weighted by Gasteiger charge is 2.29. The predicted molar refractivity (Wildman–Crippen MR) is 109 cm³/mol. The zero-order valence-electron chi connectivity index (χ0n) is 16.7. The number of thiophene rings is 1. The third-order valence-corrected chi connectivity index (χ3v) is 5.90. The summed E-state index contributed by atoms with van der Waals surface area (Å²) in [5.41, 5.74) is 2.45. The Hall–Kier alpha value is -2.74. The fraction of sp³-hybridized carbons (Fsp3) is 0.429. The van der Waals surface area contributed by atoms with Gasteiger partial charge in [0.25, 0.3) is 5.91 Å². The Labute approximate surface area is 173 Å². The molecule has 154 valence electrons. The van der Waals surface area contributed by atoms with Crippen LogP contribution in [0.4, 0.5) is 5.00 Å². The lowest BCUT2D eigenvalue weighted by Gasteiger charge is -2.18. The summed E-state index contributed by atoms with van der Waals surface area (Å²) in [7, 11) is 0. The van der Waals surface area contributed by atoms with Gasteiger partial charge < -0.3 is 14.8 Å². The first-order chi connectivity index (χ1) is 13.9. The van der Waals surface area contributed by atoms with Crippen molar-refractivity contribution in [2.24, 2.45) is 5.92 Å². The summed E-state index contributed by atoms with van der Waals surface area (Å²) in [6, 6.07) is 3.29. The molecule has 0 bridgehead atoms. The van der Waals surface area contributed by atoms with Crippen LogP contribution < -0.4 is 5.32 Å². The molecule has 2 heterocycles. The Morgan fingerprint density at radius 2 is 2.03 bits per heavy atom. The third kappa shape index (κ3) is 5.00. The number of fused-ring (bicyclic) bond motifs is 1. The van der Waals surface area contributed by atoms with Crippen LogP contribution in [0.3, 0.4) is 0 Å². The molecule has 0 aromatic carbocycles. The molecule has 7 nitrogen and oxygen atoms in total. The van der Waals surface area contributed by atoms with Crippen molar-refractivity contribution in [2.45, 2.75) is 40.0 Å². The van der Waals surface area contributed by atoms with Gasteiger partial charge in [0.1, 0.15) is 5.00 Å². The molecule has 0 spiro atoms. The second-order valence-corrected chi connectivity index (χ2v) is 8.19. The molecule has 1 unspecified atom stereocenters. The van der Waals surface area contributed by atoms with E-state index >= 15 is 0 Å². The summed E-state index contributed by atoms with van der Waals surface area (Å²) in [6.45, 7) is 5.54. The molecule has 1 atom stereocenters. The Bertz CT molecular complexity index is 920. The van der Waals surface area contributed by atoms with Crippen LogP contribution in [0, 0.1) is 12.8 Å². The van der Waals surface area contributed by atoms with Crippen molar-refractivity contribution in [3.05, 3.63) is 45.6 Å². The Kier molecular flexibility index (Phi) is 6.64. The fourth-order valence-corrected chi connectivity index (χ4v) is 4.64. The van der Waals surface area contributed by atoms with Crippen LogP contribution >= 0.6 is 11.3 Å². The van der Waals surface area contributed by atoms with E-state index in [4.69, 9.17) is 9.47 Å². The van der Waals surface area contributed by atoms with E-state index in [0.717, 1.165) is 35.4 Å². The van der Waals surface area contributed by atoms with Gasteiger partial charge in [-0.1, -0.05) is 6.92 Å². The molecule has 1 amide bonds. The van der Waals surface area contributed by atoms with Crippen molar-refractivity contribution >= 4 is 34.2 Å². The van der Waals surface area contributed by atoms with Crippen molar-refractivity contribution in [1.29, 1.82) is 0 Å². The third-order valence-electron chi connectivity index (χ3n) is 4.73. The number of aryl methyl sites for hydroxylation is 1. The molecule has 1 aliphatic rings. The smallest absolute Gasteiger partial charge is 0.341 e. The molecule has 0 saturated heterocycles. The molecule has 1 aliphatic carbocycles. The molecular formula is C21H24N2O5S. The van der Waals surface area contributed by atoms with Gasteiger partial charge in [-0.15, -0.1) is 11.3 Å². The first-order valence-corrected chi connectivity index (χ1v) is 10.4. The monoisotopic (exact) mass is 416 g/mol. The zero-order valence-corrected chi connectivity index (χ0v) is 17.6. The number of carbonyl (C=O) groups is 3. The van der Waals surface area contributed by atoms with E-state index in [9.17, 15) is 14.4 Å². The van der Waals surface area contributed by atoms with Crippen LogP contribution in [0.15, 0.2) is 18.3 Å². The van der Waals surface area contributed by atoms with Gasteiger partial charge in [-0.3, -0.25) is 9.78 Å². The van der Waals surface area contributed by atoms with E-state index in [-0.39, 0.29) is 12.2 Å². The molecule has 8 heteroatoms. The van der Waals surface area contributed by atoms with Crippen LogP contribution in [-0.2, 0) is 27.1 Å². The van der Waals surface area contributed by atoms with E-state index in [0.29, 0.717) is 16.5 Å². The van der Waals surface area contributed by atoms with E-state index < -0.39 is 24.5 Å². The van der Waals surface area contributed by atoms with Crippen molar-refractivity contribution in [3.8, 4) is 0 Å². The number of pyridine rings is 1. The lowest BCUT2D eigenvalue weighted by Crippen LogP contribution is -2.22. The van der Waals surface area contributed by atoms with Crippen LogP contribution in [-0.4, -0.2) is 36.0 Å². The minimum atomic E-state index is -0.627. The van der Waals surface area contributed by atoms with Gasteiger partial charge in [0.2, 0.25) is 0 Å².